The summed E-state index contributed by atoms with van der Waals surface area (Å²) in [7, 11) is -0.323. The Morgan fingerprint density at radius 3 is 2.40 bits per heavy atom. The Bertz CT molecular complexity index is 300. The Labute approximate surface area is 90.9 Å². The minimum atomic E-state index is -3.24. The number of carbonyl (C=O) groups is 1. The fourth-order valence-electron chi connectivity index (χ4n) is 0.767. The largest absolute Gasteiger partial charge is 0.355 e. The summed E-state index contributed by atoms with van der Waals surface area (Å²) in [5.41, 5.74) is 5.29. The third-order valence-electron chi connectivity index (χ3n) is 2.02. The van der Waals surface area contributed by atoms with Crippen molar-refractivity contribution in [1.29, 1.82) is 0 Å². The zero-order valence-electron chi connectivity index (χ0n) is 9.36. The van der Waals surface area contributed by atoms with Gasteiger partial charge in [-0.25, -0.2) is 12.7 Å². The van der Waals surface area contributed by atoms with Crippen LogP contribution in [-0.4, -0.2) is 51.6 Å². The maximum absolute atomic E-state index is 11.3. The molecule has 7 heteroatoms. The molecular weight excluding hydrogens is 218 g/mol. The predicted molar refractivity (Wildman–Crippen MR) is 58.7 cm³/mol. The fourth-order valence-corrected chi connectivity index (χ4v) is 1.49. The van der Waals surface area contributed by atoms with E-state index in [2.05, 4.69) is 5.32 Å². The van der Waals surface area contributed by atoms with Crippen molar-refractivity contribution in [3.8, 4) is 0 Å². The van der Waals surface area contributed by atoms with Gasteiger partial charge in [-0.05, 0) is 0 Å². The van der Waals surface area contributed by atoms with Gasteiger partial charge in [0.05, 0.1) is 5.75 Å². The third-order valence-corrected chi connectivity index (χ3v) is 3.85. The average molecular weight is 237 g/mol. The SMILES string of the molecule is CC(CN)C(=O)NCCS(=O)(=O)N(C)C. The van der Waals surface area contributed by atoms with Crippen molar-refractivity contribution in [2.45, 2.75) is 6.92 Å². The number of nitrogens with one attached hydrogen (secondary N) is 1. The van der Waals surface area contributed by atoms with E-state index in [1.807, 2.05) is 0 Å². The van der Waals surface area contributed by atoms with Crippen LogP contribution in [0.15, 0.2) is 0 Å². The number of hydrogen-bond acceptors (Lipinski definition) is 4. The highest BCUT2D eigenvalue weighted by atomic mass is 32.2. The van der Waals surface area contributed by atoms with Crippen LogP contribution in [0.4, 0.5) is 0 Å². The van der Waals surface area contributed by atoms with Gasteiger partial charge in [-0.1, -0.05) is 6.92 Å². The first kappa shape index (κ1) is 14.3. The van der Waals surface area contributed by atoms with Gasteiger partial charge in [0, 0.05) is 33.1 Å². The van der Waals surface area contributed by atoms with Crippen molar-refractivity contribution in [1.82, 2.24) is 9.62 Å². The maximum Gasteiger partial charge on any atom is 0.224 e. The fraction of sp³-hybridized carbons (Fsp3) is 0.875. The van der Waals surface area contributed by atoms with E-state index in [1.165, 1.54) is 14.1 Å². The van der Waals surface area contributed by atoms with Gasteiger partial charge in [-0.2, -0.15) is 0 Å². The van der Waals surface area contributed by atoms with Crippen LogP contribution in [0.5, 0.6) is 0 Å². The molecule has 0 fully saturated rings. The number of hydrogen-bond donors (Lipinski definition) is 2. The molecule has 1 atom stereocenters. The first-order valence-electron chi connectivity index (χ1n) is 4.69. The van der Waals surface area contributed by atoms with E-state index in [9.17, 15) is 13.2 Å². The molecule has 0 aromatic rings. The Morgan fingerprint density at radius 2 is 2.00 bits per heavy atom. The van der Waals surface area contributed by atoms with Crippen molar-refractivity contribution in [2.24, 2.45) is 11.7 Å². The highest BCUT2D eigenvalue weighted by molar-refractivity contribution is 7.89. The molecule has 15 heavy (non-hydrogen) atoms. The van der Waals surface area contributed by atoms with Gasteiger partial charge in [0.1, 0.15) is 0 Å². The third kappa shape index (κ3) is 5.10. The van der Waals surface area contributed by atoms with Gasteiger partial charge in [0.2, 0.25) is 15.9 Å². The van der Waals surface area contributed by atoms with Crippen molar-refractivity contribution >= 4 is 15.9 Å². The summed E-state index contributed by atoms with van der Waals surface area (Å²) in [6.45, 7) is 2.06. The van der Waals surface area contributed by atoms with Crippen LogP contribution in [0, 0.1) is 5.92 Å². The molecule has 1 amide bonds. The molecule has 0 saturated heterocycles. The Kier molecular flexibility index (Phi) is 5.77. The molecule has 6 nitrogen and oxygen atoms in total. The molecule has 0 bridgehead atoms. The summed E-state index contributed by atoms with van der Waals surface area (Å²) in [6.07, 6.45) is 0. The second kappa shape index (κ2) is 6.04. The van der Waals surface area contributed by atoms with E-state index in [1.54, 1.807) is 6.92 Å². The van der Waals surface area contributed by atoms with Crippen LogP contribution in [0.2, 0.25) is 0 Å². The normalized spacial score (nSPS) is 13.9. The summed E-state index contributed by atoms with van der Waals surface area (Å²) in [5, 5.41) is 2.52. The second-order valence-electron chi connectivity index (χ2n) is 3.53. The molecule has 1 unspecified atom stereocenters. The molecule has 0 aromatic heterocycles. The number of nitrogens with zero attached hydrogens (tertiary/aromatic N) is 1. The smallest absolute Gasteiger partial charge is 0.224 e. The van der Waals surface area contributed by atoms with Gasteiger partial charge < -0.3 is 11.1 Å². The Balaban J connectivity index is 3.96. The zero-order chi connectivity index (χ0) is 12.1. The van der Waals surface area contributed by atoms with Gasteiger partial charge in [-0.3, -0.25) is 4.79 Å². The predicted octanol–water partition coefficient (Wildman–Crippen LogP) is -1.41. The molecule has 0 radical (unpaired) electrons. The highest BCUT2D eigenvalue weighted by Crippen LogP contribution is 1.94. The highest BCUT2D eigenvalue weighted by Gasteiger charge is 2.15. The maximum atomic E-state index is 11.3. The van der Waals surface area contributed by atoms with Gasteiger partial charge >= 0.3 is 0 Å². The minimum Gasteiger partial charge on any atom is -0.355 e. The molecule has 0 saturated carbocycles. The quantitative estimate of drug-likeness (QED) is 0.593. The molecule has 0 aliphatic heterocycles. The Morgan fingerprint density at radius 1 is 1.47 bits per heavy atom. The van der Waals surface area contributed by atoms with Gasteiger partial charge in [0.15, 0.2) is 0 Å². The molecular formula is C8H19N3O3S. The van der Waals surface area contributed by atoms with E-state index < -0.39 is 10.0 Å². The lowest BCUT2D eigenvalue weighted by molar-refractivity contribution is -0.124. The van der Waals surface area contributed by atoms with Crippen LogP contribution >= 0.6 is 0 Å². The molecule has 0 heterocycles. The first-order chi connectivity index (χ1) is 6.81. The van der Waals surface area contributed by atoms with Crippen LogP contribution in [0.3, 0.4) is 0 Å². The number of carbonyl (C=O) groups excluding carboxylic acids is 1. The van der Waals surface area contributed by atoms with E-state index >= 15 is 0 Å². The molecule has 0 aromatic carbocycles. The lowest BCUT2D eigenvalue weighted by Crippen LogP contribution is -2.38. The van der Waals surface area contributed by atoms with E-state index in [0.717, 1.165) is 4.31 Å². The minimum absolute atomic E-state index is 0.0942. The van der Waals surface area contributed by atoms with Crippen molar-refractivity contribution < 1.29 is 13.2 Å². The molecule has 90 valence electrons. The van der Waals surface area contributed by atoms with E-state index in [4.69, 9.17) is 5.73 Å². The van der Waals surface area contributed by atoms with Gasteiger partial charge in [0.25, 0.3) is 0 Å². The summed E-state index contributed by atoms with van der Waals surface area (Å²) in [4.78, 5) is 11.2. The van der Waals surface area contributed by atoms with Crippen molar-refractivity contribution in [3.05, 3.63) is 0 Å². The Hall–Kier alpha value is -0.660. The number of amides is 1. The topological polar surface area (TPSA) is 92.5 Å². The van der Waals surface area contributed by atoms with Crippen LogP contribution in [0.25, 0.3) is 0 Å². The van der Waals surface area contributed by atoms with E-state index in [-0.39, 0.29) is 30.7 Å². The monoisotopic (exact) mass is 237 g/mol. The van der Waals surface area contributed by atoms with Gasteiger partial charge in [-0.15, -0.1) is 0 Å². The first-order valence-corrected chi connectivity index (χ1v) is 6.30. The molecule has 0 aliphatic rings. The summed E-state index contributed by atoms with van der Waals surface area (Å²) in [5.74, 6) is -0.596. The van der Waals surface area contributed by atoms with Crippen LogP contribution in [0.1, 0.15) is 6.92 Å². The van der Waals surface area contributed by atoms with E-state index in [0.29, 0.717) is 0 Å². The number of sulfonamides is 1. The molecule has 3 N–H and O–H groups in total. The number of nitrogens with two attached hydrogens (primary N) is 1. The lowest BCUT2D eigenvalue weighted by Gasteiger charge is -2.13. The number of rotatable bonds is 6. The zero-order valence-corrected chi connectivity index (χ0v) is 10.2. The second-order valence-corrected chi connectivity index (χ2v) is 5.83. The summed E-state index contributed by atoms with van der Waals surface area (Å²) in [6, 6.07) is 0. The van der Waals surface area contributed by atoms with Crippen molar-refractivity contribution in [3.63, 3.8) is 0 Å². The van der Waals surface area contributed by atoms with Crippen molar-refractivity contribution in [2.75, 3.05) is 32.9 Å². The summed E-state index contributed by atoms with van der Waals surface area (Å²) < 4.78 is 23.7. The summed E-state index contributed by atoms with van der Waals surface area (Å²) >= 11 is 0. The average Bonchev–Trinajstić information content (AvgIpc) is 2.15. The van der Waals surface area contributed by atoms with Crippen LogP contribution in [-0.2, 0) is 14.8 Å². The molecule has 0 aliphatic carbocycles. The standard InChI is InChI=1S/C8H19N3O3S/c1-7(6-9)8(12)10-4-5-15(13,14)11(2)3/h7H,4-6,9H2,1-3H3,(H,10,12). The molecule has 0 rings (SSSR count). The van der Waals surface area contributed by atoms with Crippen LogP contribution < -0.4 is 11.1 Å². The lowest BCUT2D eigenvalue weighted by atomic mass is 10.2. The molecule has 0 spiro atoms.